The molecule has 0 saturated heterocycles. The monoisotopic (exact) mass is 133 g/mol. The Morgan fingerprint density at radius 2 is 2.25 bits per heavy atom. The van der Waals surface area contributed by atoms with E-state index in [1.807, 2.05) is 6.92 Å². The zero-order valence-electron chi connectivity index (χ0n) is 5.14. The molecule has 0 saturated carbocycles. The summed E-state index contributed by atoms with van der Waals surface area (Å²) in [5, 5.41) is 0. The molecule has 0 aliphatic rings. The summed E-state index contributed by atoms with van der Waals surface area (Å²) in [5.74, 6) is -0.358. The first-order valence-corrected chi connectivity index (χ1v) is 2.97. The molecule has 1 unspecified atom stereocenters. The normalized spacial score (nSPS) is 17.4. The zero-order chi connectivity index (χ0) is 6.78. The third kappa shape index (κ3) is 1.74. The van der Waals surface area contributed by atoms with Crippen molar-refractivity contribution < 1.29 is 4.79 Å². The lowest BCUT2D eigenvalue weighted by atomic mass is 10.1. The second-order valence-corrected chi connectivity index (χ2v) is 2.98. The van der Waals surface area contributed by atoms with Gasteiger partial charge in [0.05, 0.1) is 4.75 Å². The van der Waals surface area contributed by atoms with E-state index in [-0.39, 0.29) is 5.91 Å². The third-order valence-corrected chi connectivity index (χ3v) is 1.76. The Balaban J connectivity index is 3.91. The van der Waals surface area contributed by atoms with Crippen LogP contribution in [0.4, 0.5) is 0 Å². The Labute approximate surface area is 54.9 Å². The number of rotatable bonds is 2. The van der Waals surface area contributed by atoms with Crippen LogP contribution in [0.25, 0.3) is 0 Å². The van der Waals surface area contributed by atoms with Gasteiger partial charge in [-0.25, -0.2) is 0 Å². The Morgan fingerprint density at radius 1 is 1.88 bits per heavy atom. The molecule has 3 heteroatoms. The molecule has 0 heterocycles. The van der Waals surface area contributed by atoms with Gasteiger partial charge < -0.3 is 5.73 Å². The molecule has 0 rings (SSSR count). The summed E-state index contributed by atoms with van der Waals surface area (Å²) >= 11 is 4.01. The summed E-state index contributed by atoms with van der Waals surface area (Å²) in [6.45, 7) is 3.58. The van der Waals surface area contributed by atoms with E-state index < -0.39 is 4.75 Å². The van der Waals surface area contributed by atoms with E-state index in [0.29, 0.717) is 6.42 Å². The van der Waals surface area contributed by atoms with Crippen molar-refractivity contribution >= 4 is 18.5 Å². The first-order valence-electron chi connectivity index (χ1n) is 2.53. The highest BCUT2D eigenvalue weighted by molar-refractivity contribution is 7.82. The zero-order valence-corrected chi connectivity index (χ0v) is 6.03. The summed E-state index contributed by atoms with van der Waals surface area (Å²) in [6, 6.07) is 0. The first kappa shape index (κ1) is 7.82. The van der Waals surface area contributed by atoms with Gasteiger partial charge in [-0.3, -0.25) is 4.79 Å². The van der Waals surface area contributed by atoms with Crippen LogP contribution in [0, 0.1) is 0 Å². The van der Waals surface area contributed by atoms with E-state index in [4.69, 9.17) is 5.73 Å². The molecule has 0 aromatic rings. The van der Waals surface area contributed by atoms with Crippen molar-refractivity contribution in [2.75, 3.05) is 0 Å². The maximum absolute atomic E-state index is 10.4. The molecule has 8 heavy (non-hydrogen) atoms. The van der Waals surface area contributed by atoms with E-state index in [1.165, 1.54) is 0 Å². The number of carbonyl (C=O) groups excluding carboxylic acids is 1. The molecule has 0 aliphatic carbocycles. The molecule has 0 aromatic carbocycles. The lowest BCUT2D eigenvalue weighted by Crippen LogP contribution is -2.34. The minimum Gasteiger partial charge on any atom is -0.368 e. The van der Waals surface area contributed by atoms with Crippen molar-refractivity contribution in [3.05, 3.63) is 0 Å². The Bertz CT molecular complexity index is 101. The van der Waals surface area contributed by atoms with E-state index in [9.17, 15) is 4.79 Å². The number of amides is 1. The number of hydrogen-bond donors (Lipinski definition) is 2. The van der Waals surface area contributed by atoms with Gasteiger partial charge in [0.15, 0.2) is 0 Å². The third-order valence-electron chi connectivity index (χ3n) is 1.22. The molecule has 0 aromatic heterocycles. The Kier molecular flexibility index (Phi) is 2.34. The minimum atomic E-state index is -0.625. The van der Waals surface area contributed by atoms with E-state index in [0.717, 1.165) is 0 Å². The molecule has 2 N–H and O–H groups in total. The summed E-state index contributed by atoms with van der Waals surface area (Å²) in [7, 11) is 0. The van der Waals surface area contributed by atoms with Crippen molar-refractivity contribution in [2.24, 2.45) is 5.73 Å². The standard InChI is InChI=1S/C5H11NOS/c1-3-5(2,8)4(6)7/h8H,3H2,1-2H3,(H2,6,7). The predicted octanol–water partition coefficient (Wildman–Crippen LogP) is 0.570. The van der Waals surface area contributed by atoms with Gasteiger partial charge in [0.1, 0.15) is 0 Å². The highest BCUT2D eigenvalue weighted by atomic mass is 32.1. The molecule has 2 nitrogen and oxygen atoms in total. The summed E-state index contributed by atoms with van der Waals surface area (Å²) in [5.41, 5.74) is 4.97. The maximum atomic E-state index is 10.4. The van der Waals surface area contributed by atoms with Crippen LogP contribution in [0.3, 0.4) is 0 Å². The van der Waals surface area contributed by atoms with Crippen LogP contribution in [0.15, 0.2) is 0 Å². The highest BCUT2D eigenvalue weighted by Gasteiger charge is 2.22. The lowest BCUT2D eigenvalue weighted by molar-refractivity contribution is -0.119. The molecule has 0 fully saturated rings. The molecule has 1 amide bonds. The van der Waals surface area contributed by atoms with Crippen LogP contribution in [-0.4, -0.2) is 10.7 Å². The van der Waals surface area contributed by atoms with Crippen LogP contribution < -0.4 is 5.73 Å². The van der Waals surface area contributed by atoms with Gasteiger partial charge in [0.25, 0.3) is 0 Å². The molecule has 0 aliphatic heterocycles. The van der Waals surface area contributed by atoms with Crippen LogP contribution in [0.5, 0.6) is 0 Å². The van der Waals surface area contributed by atoms with Gasteiger partial charge in [0, 0.05) is 0 Å². The number of hydrogen-bond acceptors (Lipinski definition) is 2. The van der Waals surface area contributed by atoms with Gasteiger partial charge >= 0.3 is 0 Å². The summed E-state index contributed by atoms with van der Waals surface area (Å²) < 4.78 is -0.625. The number of primary amides is 1. The quantitative estimate of drug-likeness (QED) is 0.531. The highest BCUT2D eigenvalue weighted by Crippen LogP contribution is 2.15. The van der Waals surface area contributed by atoms with Crippen molar-refractivity contribution in [3.63, 3.8) is 0 Å². The van der Waals surface area contributed by atoms with Crippen LogP contribution >= 0.6 is 12.6 Å². The molecule has 0 spiro atoms. The van der Waals surface area contributed by atoms with Crippen molar-refractivity contribution in [3.8, 4) is 0 Å². The van der Waals surface area contributed by atoms with E-state index in [2.05, 4.69) is 12.6 Å². The maximum Gasteiger partial charge on any atom is 0.233 e. The van der Waals surface area contributed by atoms with Gasteiger partial charge in [0.2, 0.25) is 5.91 Å². The fraction of sp³-hybridized carbons (Fsp3) is 0.800. The van der Waals surface area contributed by atoms with Crippen LogP contribution in [-0.2, 0) is 4.79 Å². The number of nitrogens with two attached hydrogens (primary N) is 1. The summed E-state index contributed by atoms with van der Waals surface area (Å²) in [6.07, 6.45) is 0.672. The van der Waals surface area contributed by atoms with Crippen LogP contribution in [0.2, 0.25) is 0 Å². The smallest absolute Gasteiger partial charge is 0.233 e. The van der Waals surface area contributed by atoms with Gasteiger partial charge in [-0.15, -0.1) is 0 Å². The first-order chi connectivity index (χ1) is 3.50. The second kappa shape index (κ2) is 2.40. The van der Waals surface area contributed by atoms with E-state index >= 15 is 0 Å². The minimum absolute atomic E-state index is 0.358. The van der Waals surface area contributed by atoms with Crippen molar-refractivity contribution in [1.82, 2.24) is 0 Å². The molecule has 48 valence electrons. The fourth-order valence-corrected chi connectivity index (χ4v) is 0.174. The molecule has 0 radical (unpaired) electrons. The van der Waals surface area contributed by atoms with Gasteiger partial charge in [-0.2, -0.15) is 12.6 Å². The van der Waals surface area contributed by atoms with Gasteiger partial charge in [-0.1, -0.05) is 6.92 Å². The average Bonchev–Trinajstić information content (AvgIpc) is 1.67. The summed E-state index contributed by atoms with van der Waals surface area (Å²) in [4.78, 5) is 10.4. The van der Waals surface area contributed by atoms with Crippen LogP contribution in [0.1, 0.15) is 20.3 Å². The average molecular weight is 133 g/mol. The SMILES string of the molecule is CCC(C)(S)C(N)=O. The van der Waals surface area contributed by atoms with Crippen molar-refractivity contribution in [1.29, 1.82) is 0 Å². The largest absolute Gasteiger partial charge is 0.368 e. The van der Waals surface area contributed by atoms with E-state index in [1.54, 1.807) is 6.92 Å². The Hall–Kier alpha value is -0.180. The van der Waals surface area contributed by atoms with Gasteiger partial charge in [-0.05, 0) is 13.3 Å². The predicted molar refractivity (Wildman–Crippen MR) is 36.9 cm³/mol. The lowest BCUT2D eigenvalue weighted by Gasteiger charge is -2.15. The van der Waals surface area contributed by atoms with Crippen molar-refractivity contribution in [2.45, 2.75) is 25.0 Å². The molecule has 1 atom stereocenters. The molecular formula is C5H11NOS. The Morgan fingerprint density at radius 3 is 2.25 bits per heavy atom. The topological polar surface area (TPSA) is 43.1 Å². The number of thiol groups is 1. The fourth-order valence-electron chi connectivity index (χ4n) is 0.174. The second-order valence-electron chi connectivity index (χ2n) is 1.99. The number of carbonyl (C=O) groups is 1. The molecular weight excluding hydrogens is 122 g/mol. The molecule has 0 bridgehead atoms.